The second kappa shape index (κ2) is 3.45. The van der Waals surface area contributed by atoms with Crippen LogP contribution in [0, 0.1) is 11.3 Å². The summed E-state index contributed by atoms with van der Waals surface area (Å²) in [7, 11) is 0. The maximum absolute atomic E-state index is 10.2. The molecule has 0 radical (unpaired) electrons. The molecule has 1 nitrogen and oxygen atoms in total. The highest BCUT2D eigenvalue weighted by Gasteiger charge is 2.49. The minimum atomic E-state index is -0.473. The van der Waals surface area contributed by atoms with Crippen molar-refractivity contribution >= 4 is 0 Å². The zero-order valence-corrected chi connectivity index (χ0v) is 9.30. The van der Waals surface area contributed by atoms with Crippen molar-refractivity contribution in [2.75, 3.05) is 0 Å². The number of rotatable bonds is 2. The molecule has 1 rings (SSSR count). The molecular weight excluding hydrogens is 160 g/mol. The van der Waals surface area contributed by atoms with Crippen molar-refractivity contribution in [2.24, 2.45) is 11.3 Å². The molecule has 0 aromatic heterocycles. The van der Waals surface area contributed by atoms with Crippen LogP contribution in [0.4, 0.5) is 0 Å². The molecule has 0 spiro atoms. The van der Waals surface area contributed by atoms with Crippen LogP contribution in [-0.2, 0) is 0 Å². The third kappa shape index (κ3) is 1.80. The van der Waals surface area contributed by atoms with Crippen molar-refractivity contribution in [1.29, 1.82) is 0 Å². The molecule has 0 amide bonds. The maximum atomic E-state index is 10.2. The summed E-state index contributed by atoms with van der Waals surface area (Å²) in [6.07, 6.45) is 7.53. The molecule has 1 aliphatic carbocycles. The summed E-state index contributed by atoms with van der Waals surface area (Å²) in [5.74, 6) is 0.638. The molecule has 1 N–H and O–H groups in total. The van der Waals surface area contributed by atoms with E-state index in [1.807, 2.05) is 6.92 Å². The molecule has 0 aromatic carbocycles. The van der Waals surface area contributed by atoms with Gasteiger partial charge >= 0.3 is 0 Å². The van der Waals surface area contributed by atoms with Gasteiger partial charge in [0.2, 0.25) is 0 Å². The molecular formula is C12H22O. The average Bonchev–Trinajstić information content (AvgIpc) is 2.21. The van der Waals surface area contributed by atoms with Crippen LogP contribution in [-0.4, -0.2) is 10.7 Å². The average molecular weight is 182 g/mol. The Kier molecular flexibility index (Phi) is 2.86. The van der Waals surface area contributed by atoms with Crippen molar-refractivity contribution in [3.63, 3.8) is 0 Å². The molecule has 1 aliphatic rings. The number of aliphatic hydroxyl groups is 1. The van der Waals surface area contributed by atoms with Crippen molar-refractivity contribution in [3.05, 3.63) is 12.2 Å². The zero-order valence-electron chi connectivity index (χ0n) is 9.30. The Morgan fingerprint density at radius 2 is 2.00 bits per heavy atom. The second-order valence-corrected chi connectivity index (χ2v) is 5.04. The molecule has 0 aliphatic heterocycles. The minimum Gasteiger partial charge on any atom is -0.390 e. The van der Waals surface area contributed by atoms with E-state index in [4.69, 9.17) is 0 Å². The predicted molar refractivity (Wildman–Crippen MR) is 56.6 cm³/mol. The SMILES string of the molecule is CC=CCC1CCC(C)(O)C1(C)C. The Hall–Kier alpha value is -0.300. The van der Waals surface area contributed by atoms with Crippen LogP contribution in [0.3, 0.4) is 0 Å². The lowest BCUT2D eigenvalue weighted by atomic mass is 9.72. The zero-order chi connectivity index (χ0) is 10.1. The van der Waals surface area contributed by atoms with Crippen LogP contribution < -0.4 is 0 Å². The Bertz CT molecular complexity index is 201. The highest BCUT2D eigenvalue weighted by molar-refractivity contribution is 5.02. The summed E-state index contributed by atoms with van der Waals surface area (Å²) in [4.78, 5) is 0. The van der Waals surface area contributed by atoms with E-state index in [1.165, 1.54) is 0 Å². The fraction of sp³-hybridized carbons (Fsp3) is 0.833. The Morgan fingerprint density at radius 1 is 1.38 bits per heavy atom. The van der Waals surface area contributed by atoms with E-state index in [0.29, 0.717) is 5.92 Å². The normalized spacial score (nSPS) is 38.7. The summed E-state index contributed by atoms with van der Waals surface area (Å²) in [5, 5.41) is 10.2. The Morgan fingerprint density at radius 3 is 2.38 bits per heavy atom. The van der Waals surface area contributed by atoms with Crippen LogP contribution in [0.1, 0.15) is 47.0 Å². The molecule has 0 saturated heterocycles. The van der Waals surface area contributed by atoms with Gasteiger partial charge in [0, 0.05) is 0 Å². The highest BCUT2D eigenvalue weighted by Crippen LogP contribution is 2.51. The first-order valence-corrected chi connectivity index (χ1v) is 5.25. The Balaban J connectivity index is 2.70. The number of hydrogen-bond donors (Lipinski definition) is 1. The first kappa shape index (κ1) is 10.8. The van der Waals surface area contributed by atoms with E-state index < -0.39 is 5.60 Å². The lowest BCUT2D eigenvalue weighted by Gasteiger charge is -2.37. The summed E-state index contributed by atoms with van der Waals surface area (Å²) in [5.41, 5.74) is -0.411. The summed E-state index contributed by atoms with van der Waals surface area (Å²) >= 11 is 0. The van der Waals surface area contributed by atoms with E-state index in [9.17, 15) is 5.11 Å². The van der Waals surface area contributed by atoms with Crippen LogP contribution >= 0.6 is 0 Å². The van der Waals surface area contributed by atoms with Gasteiger partial charge in [-0.3, -0.25) is 0 Å². The fourth-order valence-electron chi connectivity index (χ4n) is 2.29. The lowest BCUT2D eigenvalue weighted by Crippen LogP contribution is -2.39. The molecule has 1 saturated carbocycles. The molecule has 1 heteroatoms. The van der Waals surface area contributed by atoms with E-state index in [0.717, 1.165) is 19.3 Å². The molecule has 0 heterocycles. The van der Waals surface area contributed by atoms with E-state index >= 15 is 0 Å². The van der Waals surface area contributed by atoms with E-state index in [1.54, 1.807) is 0 Å². The van der Waals surface area contributed by atoms with Crippen LogP contribution in [0.25, 0.3) is 0 Å². The second-order valence-electron chi connectivity index (χ2n) is 5.04. The van der Waals surface area contributed by atoms with E-state index in [-0.39, 0.29) is 5.41 Å². The molecule has 2 unspecified atom stereocenters. The van der Waals surface area contributed by atoms with Gasteiger partial charge in [-0.15, -0.1) is 0 Å². The lowest BCUT2D eigenvalue weighted by molar-refractivity contribution is -0.0418. The molecule has 76 valence electrons. The van der Waals surface area contributed by atoms with Gasteiger partial charge in [0.15, 0.2) is 0 Å². The summed E-state index contributed by atoms with van der Waals surface area (Å²) in [6, 6.07) is 0. The van der Waals surface area contributed by atoms with Crippen LogP contribution in [0.2, 0.25) is 0 Å². The van der Waals surface area contributed by atoms with Crippen molar-refractivity contribution in [2.45, 2.75) is 52.6 Å². The van der Waals surface area contributed by atoms with Crippen LogP contribution in [0.15, 0.2) is 12.2 Å². The molecule has 0 bridgehead atoms. The van der Waals surface area contributed by atoms with Crippen molar-refractivity contribution in [1.82, 2.24) is 0 Å². The van der Waals surface area contributed by atoms with Gasteiger partial charge in [0.05, 0.1) is 5.60 Å². The summed E-state index contributed by atoms with van der Waals surface area (Å²) in [6.45, 7) is 8.41. The van der Waals surface area contributed by atoms with Gasteiger partial charge in [-0.2, -0.15) is 0 Å². The topological polar surface area (TPSA) is 20.2 Å². The van der Waals surface area contributed by atoms with Gasteiger partial charge in [-0.1, -0.05) is 26.0 Å². The smallest absolute Gasteiger partial charge is 0.0673 e. The minimum absolute atomic E-state index is 0.0620. The van der Waals surface area contributed by atoms with Crippen molar-refractivity contribution in [3.8, 4) is 0 Å². The molecule has 2 atom stereocenters. The van der Waals surface area contributed by atoms with Gasteiger partial charge in [-0.05, 0) is 44.4 Å². The maximum Gasteiger partial charge on any atom is 0.0673 e. The van der Waals surface area contributed by atoms with Gasteiger partial charge in [-0.25, -0.2) is 0 Å². The van der Waals surface area contributed by atoms with Gasteiger partial charge in [0.1, 0.15) is 0 Å². The molecule has 0 aromatic rings. The van der Waals surface area contributed by atoms with Gasteiger partial charge in [0.25, 0.3) is 0 Å². The van der Waals surface area contributed by atoms with Crippen molar-refractivity contribution < 1.29 is 5.11 Å². The highest BCUT2D eigenvalue weighted by atomic mass is 16.3. The quantitative estimate of drug-likeness (QED) is 0.650. The molecule has 1 fully saturated rings. The third-order valence-electron chi connectivity index (χ3n) is 4.04. The van der Waals surface area contributed by atoms with E-state index in [2.05, 4.69) is 32.9 Å². The molecule has 13 heavy (non-hydrogen) atoms. The Labute approximate surface area is 81.9 Å². The largest absolute Gasteiger partial charge is 0.390 e. The third-order valence-corrected chi connectivity index (χ3v) is 4.04. The summed E-state index contributed by atoms with van der Waals surface area (Å²) < 4.78 is 0. The first-order chi connectivity index (χ1) is 5.92. The standard InChI is InChI=1S/C12H22O/c1-5-6-7-10-8-9-12(4,13)11(10,2)3/h5-6,10,13H,7-9H2,1-4H3. The number of allylic oxidation sites excluding steroid dienone is 2. The van der Waals surface area contributed by atoms with Crippen LogP contribution in [0.5, 0.6) is 0 Å². The number of hydrogen-bond acceptors (Lipinski definition) is 1. The van der Waals surface area contributed by atoms with Gasteiger partial charge < -0.3 is 5.11 Å². The predicted octanol–water partition coefficient (Wildman–Crippen LogP) is 3.14. The fourth-order valence-corrected chi connectivity index (χ4v) is 2.29. The first-order valence-electron chi connectivity index (χ1n) is 5.25. The monoisotopic (exact) mass is 182 g/mol.